The molecule has 0 unspecified atom stereocenters. The van der Waals surface area contributed by atoms with Gasteiger partial charge in [-0.25, -0.2) is 0 Å². The van der Waals surface area contributed by atoms with Crippen molar-refractivity contribution >= 4 is 35.3 Å². The van der Waals surface area contributed by atoms with Crippen LogP contribution in [0.5, 0.6) is 5.75 Å². The molecule has 0 bridgehead atoms. The molecule has 1 aromatic rings. The lowest BCUT2D eigenvalue weighted by Crippen LogP contribution is -2.58. The lowest BCUT2D eigenvalue weighted by atomic mass is 9.97. The minimum Gasteiger partial charge on any atom is -0.508 e. The van der Waals surface area contributed by atoms with E-state index in [0.717, 1.165) is 0 Å². The van der Waals surface area contributed by atoms with E-state index in [0.29, 0.717) is 6.42 Å². The molecular formula is C23H35N5O8. The van der Waals surface area contributed by atoms with E-state index in [4.69, 9.17) is 15.9 Å². The third-order valence-corrected chi connectivity index (χ3v) is 5.47. The van der Waals surface area contributed by atoms with Crippen LogP contribution in [-0.4, -0.2) is 75.7 Å². The molecule has 4 amide bonds. The van der Waals surface area contributed by atoms with Gasteiger partial charge in [0, 0.05) is 18.2 Å². The van der Waals surface area contributed by atoms with E-state index in [-0.39, 0.29) is 23.8 Å². The highest BCUT2D eigenvalue weighted by Gasteiger charge is 2.31. The van der Waals surface area contributed by atoms with Crippen molar-refractivity contribution < 1.29 is 39.3 Å². The van der Waals surface area contributed by atoms with E-state index in [1.165, 1.54) is 31.2 Å². The van der Waals surface area contributed by atoms with Gasteiger partial charge in [-0.15, -0.1) is 0 Å². The quantitative estimate of drug-likeness (QED) is 0.154. The number of nitrogens with one attached hydrogen (secondary N) is 4. The fourth-order valence-corrected chi connectivity index (χ4v) is 3.06. The van der Waals surface area contributed by atoms with Crippen LogP contribution in [0.25, 0.3) is 0 Å². The van der Waals surface area contributed by atoms with Gasteiger partial charge in [-0.1, -0.05) is 26.3 Å². The Morgan fingerprint density at radius 2 is 1.64 bits per heavy atom. The predicted molar refractivity (Wildman–Crippen MR) is 130 cm³/mol. The SMILES string of the molecule is CC[C@H](C)[C@H](NC(=O)[C@@H](N)CO)C(=O)N[C@@H](C)C(=O)N[C@@H](CCC(=O)O)C(=O)Nc1cccc(O)c1. The van der Waals surface area contributed by atoms with Crippen molar-refractivity contribution in [2.24, 2.45) is 11.7 Å². The Hall–Kier alpha value is -3.71. The molecule has 36 heavy (non-hydrogen) atoms. The number of phenols is 1. The second kappa shape index (κ2) is 14.6. The number of hydrogen-bond donors (Lipinski definition) is 8. The highest BCUT2D eigenvalue weighted by molar-refractivity contribution is 5.99. The Bertz CT molecular complexity index is 941. The second-order valence-electron chi connectivity index (χ2n) is 8.42. The Labute approximate surface area is 208 Å². The number of aliphatic carboxylic acids is 1. The van der Waals surface area contributed by atoms with Gasteiger partial charge in [-0.05, 0) is 31.4 Å². The van der Waals surface area contributed by atoms with Gasteiger partial charge in [0.15, 0.2) is 0 Å². The highest BCUT2D eigenvalue weighted by Crippen LogP contribution is 2.16. The molecule has 0 saturated heterocycles. The van der Waals surface area contributed by atoms with Crippen LogP contribution in [0.3, 0.4) is 0 Å². The maximum atomic E-state index is 12.8. The molecule has 5 atom stereocenters. The monoisotopic (exact) mass is 509 g/mol. The largest absolute Gasteiger partial charge is 0.508 e. The number of carbonyl (C=O) groups excluding carboxylic acids is 4. The molecule has 200 valence electrons. The molecule has 0 aliphatic heterocycles. The molecule has 0 spiro atoms. The average molecular weight is 510 g/mol. The standard InChI is InChI=1S/C23H35N5O8/c1-4-12(2)19(28-21(34)16(24)11-29)23(36)25-13(3)20(33)27-17(8-9-18(31)32)22(35)26-14-6-5-7-15(30)10-14/h5-7,10,12-13,16-17,19,29-30H,4,8-9,11,24H2,1-3H3,(H,25,36)(H,26,35)(H,27,33)(H,28,34)(H,31,32)/t12-,13-,16-,17-,19-/m0/s1. The van der Waals surface area contributed by atoms with Crippen LogP contribution in [-0.2, 0) is 24.0 Å². The van der Waals surface area contributed by atoms with E-state index in [2.05, 4.69) is 21.3 Å². The van der Waals surface area contributed by atoms with Gasteiger partial charge < -0.3 is 42.3 Å². The first-order valence-electron chi connectivity index (χ1n) is 11.5. The van der Waals surface area contributed by atoms with E-state index in [1.54, 1.807) is 13.8 Å². The number of carboxylic acids is 1. The third kappa shape index (κ3) is 9.88. The van der Waals surface area contributed by atoms with Crippen LogP contribution < -0.4 is 27.0 Å². The van der Waals surface area contributed by atoms with Crippen LogP contribution in [0.1, 0.15) is 40.0 Å². The van der Waals surface area contributed by atoms with Crippen LogP contribution in [0.2, 0.25) is 0 Å². The van der Waals surface area contributed by atoms with E-state index < -0.39 is 66.8 Å². The molecule has 0 aliphatic carbocycles. The number of rotatable bonds is 14. The van der Waals surface area contributed by atoms with Gasteiger partial charge in [-0.2, -0.15) is 0 Å². The third-order valence-electron chi connectivity index (χ3n) is 5.47. The van der Waals surface area contributed by atoms with E-state index >= 15 is 0 Å². The number of aromatic hydroxyl groups is 1. The summed E-state index contributed by atoms with van der Waals surface area (Å²) in [7, 11) is 0. The first kappa shape index (κ1) is 30.3. The summed E-state index contributed by atoms with van der Waals surface area (Å²) in [6.45, 7) is 4.27. The van der Waals surface area contributed by atoms with Gasteiger partial charge in [0.1, 0.15) is 29.9 Å². The fraction of sp³-hybridized carbons (Fsp3) is 0.522. The van der Waals surface area contributed by atoms with E-state index in [9.17, 15) is 29.1 Å². The topological polar surface area (TPSA) is 220 Å². The number of nitrogens with two attached hydrogens (primary N) is 1. The molecule has 0 radical (unpaired) electrons. The van der Waals surface area contributed by atoms with Gasteiger partial charge in [-0.3, -0.25) is 24.0 Å². The second-order valence-corrected chi connectivity index (χ2v) is 8.42. The molecule has 0 fully saturated rings. The normalized spacial score (nSPS) is 14.9. The molecule has 13 nitrogen and oxygen atoms in total. The lowest BCUT2D eigenvalue weighted by Gasteiger charge is -2.27. The number of carboxylic acid groups (broad SMARTS) is 1. The molecule has 13 heteroatoms. The molecule has 0 heterocycles. The number of hydrogen-bond acceptors (Lipinski definition) is 8. The summed E-state index contributed by atoms with van der Waals surface area (Å²) in [6.07, 6.45) is -0.122. The van der Waals surface area contributed by atoms with Crippen molar-refractivity contribution in [2.75, 3.05) is 11.9 Å². The van der Waals surface area contributed by atoms with Crippen LogP contribution in [0, 0.1) is 5.92 Å². The number of anilines is 1. The molecule has 0 aliphatic rings. The molecule has 1 aromatic carbocycles. The predicted octanol–water partition coefficient (Wildman–Crippen LogP) is -0.964. The zero-order valence-corrected chi connectivity index (χ0v) is 20.5. The van der Waals surface area contributed by atoms with Gasteiger partial charge in [0.2, 0.25) is 23.6 Å². The van der Waals surface area contributed by atoms with Crippen LogP contribution in [0.15, 0.2) is 24.3 Å². The van der Waals surface area contributed by atoms with Crippen molar-refractivity contribution in [2.45, 2.75) is 64.2 Å². The fourth-order valence-electron chi connectivity index (χ4n) is 3.06. The number of carbonyl (C=O) groups is 5. The molecule has 1 rings (SSSR count). The Morgan fingerprint density at radius 1 is 0.972 bits per heavy atom. The van der Waals surface area contributed by atoms with Crippen molar-refractivity contribution in [1.29, 1.82) is 0 Å². The summed E-state index contributed by atoms with van der Waals surface area (Å²) in [5.41, 5.74) is 5.74. The lowest BCUT2D eigenvalue weighted by molar-refractivity contribution is -0.138. The zero-order chi connectivity index (χ0) is 27.4. The van der Waals surface area contributed by atoms with Crippen molar-refractivity contribution in [1.82, 2.24) is 16.0 Å². The summed E-state index contributed by atoms with van der Waals surface area (Å²) >= 11 is 0. The van der Waals surface area contributed by atoms with Crippen molar-refractivity contribution in [3.63, 3.8) is 0 Å². The molecule has 9 N–H and O–H groups in total. The number of phenolic OH excluding ortho intramolecular Hbond substituents is 1. The Balaban J connectivity index is 2.90. The summed E-state index contributed by atoms with van der Waals surface area (Å²) in [6, 6.07) is 1.03. The minimum absolute atomic E-state index is 0.0989. The average Bonchev–Trinajstić information content (AvgIpc) is 2.83. The number of amides is 4. The van der Waals surface area contributed by atoms with Gasteiger partial charge >= 0.3 is 5.97 Å². The summed E-state index contributed by atoms with van der Waals surface area (Å²) in [5, 5.41) is 37.5. The maximum Gasteiger partial charge on any atom is 0.303 e. The first-order valence-corrected chi connectivity index (χ1v) is 11.5. The summed E-state index contributed by atoms with van der Waals surface area (Å²) in [4.78, 5) is 61.4. The summed E-state index contributed by atoms with van der Waals surface area (Å²) in [5.74, 6) is -4.47. The minimum atomic E-state index is -1.25. The Morgan fingerprint density at radius 3 is 2.19 bits per heavy atom. The molecule has 0 aromatic heterocycles. The van der Waals surface area contributed by atoms with Crippen LogP contribution >= 0.6 is 0 Å². The van der Waals surface area contributed by atoms with Crippen LogP contribution in [0.4, 0.5) is 5.69 Å². The molecular weight excluding hydrogens is 474 g/mol. The maximum absolute atomic E-state index is 12.8. The zero-order valence-electron chi connectivity index (χ0n) is 20.5. The number of aliphatic hydroxyl groups excluding tert-OH is 1. The summed E-state index contributed by atoms with van der Waals surface area (Å²) < 4.78 is 0. The first-order chi connectivity index (χ1) is 16.9. The number of aliphatic hydroxyl groups is 1. The highest BCUT2D eigenvalue weighted by atomic mass is 16.4. The molecule has 0 saturated carbocycles. The van der Waals surface area contributed by atoms with Gasteiger partial charge in [0.05, 0.1) is 6.61 Å². The Kier molecular flexibility index (Phi) is 12.3. The van der Waals surface area contributed by atoms with E-state index in [1.807, 2.05) is 0 Å². The van der Waals surface area contributed by atoms with Gasteiger partial charge in [0.25, 0.3) is 0 Å². The van der Waals surface area contributed by atoms with Crippen molar-refractivity contribution in [3.8, 4) is 5.75 Å². The number of benzene rings is 1. The van der Waals surface area contributed by atoms with Crippen molar-refractivity contribution in [3.05, 3.63) is 24.3 Å². The smallest absolute Gasteiger partial charge is 0.303 e.